The van der Waals surface area contributed by atoms with Gasteiger partial charge in [0.2, 0.25) is 0 Å². The molecule has 3 saturated carbocycles. The van der Waals surface area contributed by atoms with Crippen molar-refractivity contribution in [2.75, 3.05) is 13.2 Å². The van der Waals surface area contributed by atoms with Crippen molar-refractivity contribution in [2.24, 2.45) is 16.7 Å². The Labute approximate surface area is 129 Å². The van der Waals surface area contributed by atoms with Gasteiger partial charge < -0.3 is 14.8 Å². The summed E-state index contributed by atoms with van der Waals surface area (Å²) < 4.78 is 11.7. The molecule has 0 aromatic rings. The van der Waals surface area contributed by atoms with Gasteiger partial charge in [0.25, 0.3) is 0 Å². The van der Waals surface area contributed by atoms with Gasteiger partial charge in [-0.1, -0.05) is 20.8 Å². The molecular weight excluding hydrogens is 262 g/mol. The van der Waals surface area contributed by atoms with Gasteiger partial charge in [0.05, 0.1) is 13.2 Å². The van der Waals surface area contributed by atoms with Crippen LogP contribution in [0.15, 0.2) is 0 Å². The van der Waals surface area contributed by atoms with E-state index in [0.717, 1.165) is 32.0 Å². The van der Waals surface area contributed by atoms with Gasteiger partial charge in [-0.3, -0.25) is 0 Å². The lowest BCUT2D eigenvalue weighted by Crippen LogP contribution is -2.55. The van der Waals surface area contributed by atoms with Crippen LogP contribution >= 0.6 is 0 Å². The molecule has 0 aromatic carbocycles. The molecule has 1 saturated heterocycles. The van der Waals surface area contributed by atoms with Crippen molar-refractivity contribution in [1.29, 1.82) is 0 Å². The molecule has 0 aromatic heterocycles. The van der Waals surface area contributed by atoms with Crippen molar-refractivity contribution in [3.63, 3.8) is 0 Å². The Balaban J connectivity index is 1.41. The van der Waals surface area contributed by atoms with Gasteiger partial charge in [-0.25, -0.2) is 0 Å². The molecule has 1 spiro atoms. The molecule has 0 radical (unpaired) electrons. The van der Waals surface area contributed by atoms with E-state index in [-0.39, 0.29) is 5.79 Å². The standard InChI is InChI=1S/C18H31NO2/c1-16(2)13-4-7-17(3,12-13)15(16)19-14-5-8-18(9-6-14)20-10-11-21-18/h13-15,19H,4-12H2,1-3H3. The first kappa shape index (κ1) is 14.5. The SMILES string of the molecule is CC12CCC(C1)C(C)(C)C2NC1CCC2(CC1)OCCO2. The second kappa shape index (κ2) is 4.69. The Kier molecular flexibility index (Phi) is 3.23. The second-order valence-corrected chi connectivity index (χ2v) is 8.90. The number of hydrogen-bond acceptors (Lipinski definition) is 3. The Bertz CT molecular complexity index is 401. The van der Waals surface area contributed by atoms with E-state index < -0.39 is 0 Å². The van der Waals surface area contributed by atoms with Crippen LogP contribution in [-0.4, -0.2) is 31.1 Å². The summed E-state index contributed by atoms with van der Waals surface area (Å²) in [6.07, 6.45) is 8.83. The third kappa shape index (κ3) is 2.19. The average molecular weight is 293 g/mol. The summed E-state index contributed by atoms with van der Waals surface area (Å²) in [5.41, 5.74) is 0.992. The minimum Gasteiger partial charge on any atom is -0.348 e. The number of nitrogens with one attached hydrogen (secondary N) is 1. The maximum Gasteiger partial charge on any atom is 0.168 e. The minimum atomic E-state index is -0.216. The van der Waals surface area contributed by atoms with E-state index in [2.05, 4.69) is 26.1 Å². The lowest BCUT2D eigenvalue weighted by molar-refractivity contribution is -0.180. The van der Waals surface area contributed by atoms with Crippen molar-refractivity contribution in [3.8, 4) is 0 Å². The average Bonchev–Trinajstić information content (AvgIpc) is 3.09. The Morgan fingerprint density at radius 2 is 1.57 bits per heavy atom. The predicted octanol–water partition coefficient (Wildman–Crippen LogP) is 3.48. The predicted molar refractivity (Wildman–Crippen MR) is 83.0 cm³/mol. The Morgan fingerprint density at radius 1 is 0.905 bits per heavy atom. The maximum atomic E-state index is 5.86. The van der Waals surface area contributed by atoms with E-state index in [1.54, 1.807) is 0 Å². The highest BCUT2D eigenvalue weighted by atomic mass is 16.7. The molecule has 3 heteroatoms. The van der Waals surface area contributed by atoms with Gasteiger partial charge in [-0.15, -0.1) is 0 Å². The van der Waals surface area contributed by atoms with E-state index in [1.165, 1.54) is 32.1 Å². The van der Waals surface area contributed by atoms with Crippen LogP contribution in [0.2, 0.25) is 0 Å². The molecule has 120 valence electrons. The first-order valence-corrected chi connectivity index (χ1v) is 8.98. The van der Waals surface area contributed by atoms with Gasteiger partial charge in [0, 0.05) is 24.9 Å². The van der Waals surface area contributed by atoms with Crippen molar-refractivity contribution in [3.05, 3.63) is 0 Å². The molecule has 3 unspecified atom stereocenters. The summed E-state index contributed by atoms with van der Waals surface area (Å²) in [5.74, 6) is 0.711. The van der Waals surface area contributed by atoms with Gasteiger partial charge >= 0.3 is 0 Å². The highest BCUT2D eigenvalue weighted by Crippen LogP contribution is 2.62. The van der Waals surface area contributed by atoms with E-state index >= 15 is 0 Å². The maximum absolute atomic E-state index is 5.86. The van der Waals surface area contributed by atoms with Crippen LogP contribution in [0.1, 0.15) is 65.7 Å². The van der Waals surface area contributed by atoms with Crippen molar-refractivity contribution < 1.29 is 9.47 Å². The highest BCUT2D eigenvalue weighted by Gasteiger charge is 2.59. The van der Waals surface area contributed by atoms with Crippen LogP contribution in [-0.2, 0) is 9.47 Å². The zero-order valence-electron chi connectivity index (χ0n) is 13.9. The van der Waals surface area contributed by atoms with Crippen LogP contribution in [0.3, 0.4) is 0 Å². The summed E-state index contributed by atoms with van der Waals surface area (Å²) in [4.78, 5) is 0. The van der Waals surface area contributed by atoms with Crippen LogP contribution in [0, 0.1) is 16.7 Å². The fourth-order valence-electron chi connectivity index (χ4n) is 5.96. The number of rotatable bonds is 2. The molecule has 0 amide bonds. The van der Waals surface area contributed by atoms with Crippen molar-refractivity contribution in [1.82, 2.24) is 5.32 Å². The molecule has 4 fully saturated rings. The quantitative estimate of drug-likeness (QED) is 0.845. The minimum absolute atomic E-state index is 0.216. The molecule has 2 bridgehead atoms. The first-order chi connectivity index (χ1) is 9.94. The van der Waals surface area contributed by atoms with Crippen LogP contribution in [0.25, 0.3) is 0 Å². The van der Waals surface area contributed by atoms with Gasteiger partial charge in [-0.2, -0.15) is 0 Å². The summed E-state index contributed by atoms with van der Waals surface area (Å²) in [7, 11) is 0. The lowest BCUT2D eigenvalue weighted by atomic mass is 9.68. The highest BCUT2D eigenvalue weighted by molar-refractivity contribution is 5.12. The molecule has 1 heterocycles. The summed E-state index contributed by atoms with van der Waals surface area (Å²) in [6, 6.07) is 1.34. The van der Waals surface area contributed by atoms with Gasteiger partial charge in [0.15, 0.2) is 5.79 Å². The van der Waals surface area contributed by atoms with E-state index in [1.807, 2.05) is 0 Å². The number of fused-ring (bicyclic) bond motifs is 2. The molecule has 21 heavy (non-hydrogen) atoms. The normalized spacial score (nSPS) is 44.7. The molecule has 3 nitrogen and oxygen atoms in total. The van der Waals surface area contributed by atoms with E-state index in [4.69, 9.17) is 9.47 Å². The molecule has 3 aliphatic carbocycles. The monoisotopic (exact) mass is 293 g/mol. The van der Waals surface area contributed by atoms with Gasteiger partial charge in [0.1, 0.15) is 0 Å². The molecule has 1 aliphatic heterocycles. The lowest BCUT2D eigenvalue weighted by Gasteiger charge is -2.46. The summed E-state index contributed by atoms with van der Waals surface area (Å²) in [6.45, 7) is 9.08. The Morgan fingerprint density at radius 3 is 2.14 bits per heavy atom. The smallest absolute Gasteiger partial charge is 0.168 e. The number of hydrogen-bond donors (Lipinski definition) is 1. The Hall–Kier alpha value is -0.120. The van der Waals surface area contributed by atoms with E-state index in [0.29, 0.717) is 22.9 Å². The number of ether oxygens (including phenoxy) is 2. The fraction of sp³-hybridized carbons (Fsp3) is 1.00. The molecule has 4 aliphatic rings. The largest absolute Gasteiger partial charge is 0.348 e. The topological polar surface area (TPSA) is 30.5 Å². The second-order valence-electron chi connectivity index (χ2n) is 8.90. The molecular formula is C18H31NO2. The molecule has 3 atom stereocenters. The van der Waals surface area contributed by atoms with E-state index in [9.17, 15) is 0 Å². The molecule has 1 N–H and O–H groups in total. The third-order valence-corrected chi connectivity index (χ3v) is 7.23. The zero-order valence-corrected chi connectivity index (χ0v) is 13.9. The first-order valence-electron chi connectivity index (χ1n) is 8.98. The molecule has 4 rings (SSSR count). The van der Waals surface area contributed by atoms with Crippen LogP contribution in [0.5, 0.6) is 0 Å². The van der Waals surface area contributed by atoms with Gasteiger partial charge in [-0.05, 0) is 48.9 Å². The summed E-state index contributed by atoms with van der Waals surface area (Å²) in [5, 5.41) is 4.08. The summed E-state index contributed by atoms with van der Waals surface area (Å²) >= 11 is 0. The third-order valence-electron chi connectivity index (χ3n) is 7.23. The van der Waals surface area contributed by atoms with Crippen molar-refractivity contribution in [2.45, 2.75) is 83.6 Å². The fourth-order valence-corrected chi connectivity index (χ4v) is 5.96. The van der Waals surface area contributed by atoms with Crippen LogP contribution in [0.4, 0.5) is 0 Å². The van der Waals surface area contributed by atoms with Crippen molar-refractivity contribution >= 4 is 0 Å². The van der Waals surface area contributed by atoms with Crippen LogP contribution < -0.4 is 5.32 Å². The zero-order chi connectivity index (χ0) is 14.7.